The molecule has 4 heterocycles. The lowest BCUT2D eigenvalue weighted by Gasteiger charge is -2.48. The van der Waals surface area contributed by atoms with Gasteiger partial charge in [0.1, 0.15) is 0 Å². The molecule has 0 radical (unpaired) electrons. The summed E-state index contributed by atoms with van der Waals surface area (Å²) in [6, 6.07) is -0.0799. The third kappa shape index (κ3) is 0.877. The van der Waals surface area contributed by atoms with E-state index in [1.807, 2.05) is 0 Å². The van der Waals surface area contributed by atoms with Gasteiger partial charge >= 0.3 is 0 Å². The first-order valence-electron chi connectivity index (χ1n) is 5.02. The van der Waals surface area contributed by atoms with E-state index in [4.69, 9.17) is 10.1 Å². The van der Waals surface area contributed by atoms with Crippen molar-refractivity contribution in [3.8, 4) is 0 Å². The molecule has 76 valence electrons. The van der Waals surface area contributed by atoms with Crippen LogP contribution in [0.25, 0.3) is 0 Å². The maximum atomic E-state index is 11.7. The first-order chi connectivity index (χ1) is 6.71. The highest BCUT2D eigenvalue weighted by Gasteiger charge is 2.58. The Hall–Kier alpha value is -1.10. The van der Waals surface area contributed by atoms with Crippen molar-refractivity contribution in [2.75, 3.05) is 19.6 Å². The largest absolute Gasteiger partial charge is 0.447 e. The smallest absolute Gasteiger partial charge is 0.289 e. The number of carbonyl (C=O) groups excluding carboxylic acids is 1. The molecule has 1 atom stereocenters. The summed E-state index contributed by atoms with van der Waals surface area (Å²) < 4.78 is 5.42. The number of hydrogen-bond acceptors (Lipinski definition) is 4. The van der Waals surface area contributed by atoms with Gasteiger partial charge in [0.15, 0.2) is 0 Å². The van der Waals surface area contributed by atoms with E-state index >= 15 is 0 Å². The van der Waals surface area contributed by atoms with Crippen molar-refractivity contribution >= 4 is 11.9 Å². The molecule has 0 aromatic heterocycles. The van der Waals surface area contributed by atoms with Gasteiger partial charge in [-0.25, -0.2) is 0 Å². The molecule has 2 N–H and O–H groups in total. The average Bonchev–Trinajstić information content (AvgIpc) is 2.43. The molecular formula is C9H13N3O2. The molecule has 0 aromatic rings. The van der Waals surface area contributed by atoms with Crippen LogP contribution in [0, 0.1) is 11.3 Å². The Morgan fingerprint density at radius 3 is 2.64 bits per heavy atom. The number of carbonyl (C=O) groups is 1. The van der Waals surface area contributed by atoms with Gasteiger partial charge in [0.05, 0.1) is 0 Å². The highest BCUT2D eigenvalue weighted by Crippen LogP contribution is 2.40. The molecule has 4 fully saturated rings. The van der Waals surface area contributed by atoms with Crippen LogP contribution < -0.4 is 5.32 Å². The van der Waals surface area contributed by atoms with E-state index in [9.17, 15) is 4.79 Å². The number of fused-ring (bicyclic) bond motifs is 2. The molecular weight excluding hydrogens is 182 g/mol. The second-order valence-corrected chi connectivity index (χ2v) is 4.33. The standard InChI is InChI=1S/C9H13N3O2/c10-8-11-7(13)9(14-8)5-12-3-1-6(9)2-4-12/h6H,1-5H2,(H2,10,11,13). The first-order valence-corrected chi connectivity index (χ1v) is 5.02. The lowest BCUT2D eigenvalue weighted by molar-refractivity contribution is -0.148. The molecule has 5 heteroatoms. The Labute approximate surface area is 81.9 Å². The Bertz CT molecular complexity index is 309. The van der Waals surface area contributed by atoms with Gasteiger partial charge in [0, 0.05) is 12.5 Å². The molecule has 4 saturated heterocycles. The SMILES string of the molecule is N=C1NC(=O)C2(CN3CCC2CC3)O1. The summed E-state index contributed by atoms with van der Waals surface area (Å²) in [5.74, 6) is 0.187. The maximum Gasteiger partial charge on any atom is 0.289 e. The zero-order valence-corrected chi connectivity index (χ0v) is 7.88. The minimum atomic E-state index is -0.729. The molecule has 2 bridgehead atoms. The second-order valence-electron chi connectivity index (χ2n) is 4.33. The molecule has 0 aromatic carbocycles. The lowest BCUT2D eigenvalue weighted by atomic mass is 9.75. The average molecular weight is 195 g/mol. The van der Waals surface area contributed by atoms with Crippen molar-refractivity contribution in [2.45, 2.75) is 18.4 Å². The van der Waals surface area contributed by atoms with Crippen molar-refractivity contribution < 1.29 is 9.53 Å². The van der Waals surface area contributed by atoms with Crippen LogP contribution in [0.4, 0.5) is 0 Å². The first kappa shape index (κ1) is 8.23. The van der Waals surface area contributed by atoms with Crippen LogP contribution >= 0.6 is 0 Å². The minimum absolute atomic E-state index is 0.0799. The van der Waals surface area contributed by atoms with E-state index in [0.29, 0.717) is 12.5 Å². The molecule has 14 heavy (non-hydrogen) atoms. The fraction of sp³-hybridized carbons (Fsp3) is 0.778. The lowest BCUT2D eigenvalue weighted by Crippen LogP contribution is -2.62. The van der Waals surface area contributed by atoms with Crippen molar-refractivity contribution in [3.63, 3.8) is 0 Å². The molecule has 5 nitrogen and oxygen atoms in total. The Balaban J connectivity index is 1.96. The predicted octanol–water partition coefficient (Wildman–Crippen LogP) is -0.468. The van der Waals surface area contributed by atoms with E-state index < -0.39 is 5.60 Å². The summed E-state index contributed by atoms with van der Waals surface area (Å²) in [4.78, 5) is 14.0. The van der Waals surface area contributed by atoms with Gasteiger partial charge in [-0.3, -0.25) is 20.4 Å². The summed E-state index contributed by atoms with van der Waals surface area (Å²) in [6.07, 6.45) is 2.03. The number of rotatable bonds is 0. The van der Waals surface area contributed by atoms with Crippen molar-refractivity contribution in [1.82, 2.24) is 10.2 Å². The van der Waals surface area contributed by atoms with Gasteiger partial charge in [-0.15, -0.1) is 0 Å². The predicted molar refractivity (Wildman–Crippen MR) is 48.8 cm³/mol. The summed E-state index contributed by atoms with van der Waals surface area (Å²) in [5.41, 5.74) is -0.729. The summed E-state index contributed by atoms with van der Waals surface area (Å²) in [6.45, 7) is 2.79. The number of amidine groups is 1. The zero-order valence-electron chi connectivity index (χ0n) is 7.88. The second kappa shape index (κ2) is 2.48. The van der Waals surface area contributed by atoms with Gasteiger partial charge in [0.2, 0.25) is 5.60 Å². The number of ether oxygens (including phenoxy) is 1. The van der Waals surface area contributed by atoms with Crippen molar-refractivity contribution in [3.05, 3.63) is 0 Å². The van der Waals surface area contributed by atoms with E-state index in [1.54, 1.807) is 0 Å². The van der Waals surface area contributed by atoms with Gasteiger partial charge in [0.25, 0.3) is 11.9 Å². The number of nitrogens with zero attached hydrogens (tertiary/aromatic N) is 1. The van der Waals surface area contributed by atoms with Crippen LogP contribution in [0.2, 0.25) is 0 Å². The zero-order chi connectivity index (χ0) is 9.76. The summed E-state index contributed by atoms with van der Waals surface area (Å²) in [5, 5.41) is 9.81. The number of hydrogen-bond donors (Lipinski definition) is 2. The van der Waals surface area contributed by atoms with Gasteiger partial charge < -0.3 is 4.74 Å². The maximum absolute atomic E-state index is 11.7. The van der Waals surface area contributed by atoms with Crippen LogP contribution in [-0.4, -0.2) is 42.1 Å². The fourth-order valence-corrected chi connectivity index (χ4v) is 2.85. The molecule has 4 rings (SSSR count). The van der Waals surface area contributed by atoms with Gasteiger partial charge in [-0.1, -0.05) is 0 Å². The van der Waals surface area contributed by atoms with Crippen LogP contribution in [0.1, 0.15) is 12.8 Å². The monoisotopic (exact) mass is 195 g/mol. The van der Waals surface area contributed by atoms with Crippen LogP contribution in [-0.2, 0) is 9.53 Å². The normalized spacial score (nSPS) is 45.4. The number of piperidine rings is 3. The molecule has 1 spiro atoms. The van der Waals surface area contributed by atoms with Crippen molar-refractivity contribution in [1.29, 1.82) is 5.41 Å². The third-order valence-electron chi connectivity index (χ3n) is 3.60. The number of amides is 1. The van der Waals surface area contributed by atoms with E-state index in [-0.39, 0.29) is 11.9 Å². The van der Waals surface area contributed by atoms with Crippen LogP contribution in [0.3, 0.4) is 0 Å². The molecule has 4 aliphatic rings. The Morgan fingerprint density at radius 1 is 1.50 bits per heavy atom. The molecule has 1 unspecified atom stereocenters. The Kier molecular flexibility index (Phi) is 1.45. The van der Waals surface area contributed by atoms with E-state index in [1.165, 1.54) is 0 Å². The third-order valence-corrected chi connectivity index (χ3v) is 3.60. The van der Waals surface area contributed by atoms with Gasteiger partial charge in [-0.2, -0.15) is 0 Å². The Morgan fingerprint density at radius 2 is 2.21 bits per heavy atom. The minimum Gasteiger partial charge on any atom is -0.447 e. The van der Waals surface area contributed by atoms with Crippen LogP contribution in [0.15, 0.2) is 0 Å². The topological polar surface area (TPSA) is 65.4 Å². The van der Waals surface area contributed by atoms with Gasteiger partial charge in [-0.05, 0) is 25.9 Å². The quantitative estimate of drug-likeness (QED) is 0.549. The molecule has 0 aliphatic carbocycles. The highest BCUT2D eigenvalue weighted by atomic mass is 16.5. The summed E-state index contributed by atoms with van der Waals surface area (Å²) >= 11 is 0. The highest BCUT2D eigenvalue weighted by molar-refractivity contribution is 6.04. The summed E-state index contributed by atoms with van der Waals surface area (Å²) in [7, 11) is 0. The molecule has 1 amide bonds. The fourth-order valence-electron chi connectivity index (χ4n) is 2.85. The van der Waals surface area contributed by atoms with E-state index in [2.05, 4.69) is 10.2 Å². The van der Waals surface area contributed by atoms with Crippen LogP contribution in [0.5, 0.6) is 0 Å². The van der Waals surface area contributed by atoms with Crippen molar-refractivity contribution in [2.24, 2.45) is 5.92 Å². The molecule has 4 aliphatic heterocycles. The molecule has 0 saturated carbocycles. The number of nitrogens with one attached hydrogen (secondary N) is 2. The van der Waals surface area contributed by atoms with E-state index in [0.717, 1.165) is 25.9 Å².